The highest BCUT2D eigenvalue weighted by Gasteiger charge is 2.43. The number of hydrogen-bond acceptors (Lipinski definition) is 3. The lowest BCUT2D eigenvalue weighted by Gasteiger charge is -2.36. The van der Waals surface area contributed by atoms with Gasteiger partial charge in [0, 0.05) is 38.6 Å². The summed E-state index contributed by atoms with van der Waals surface area (Å²) < 4.78 is 38.8. The molecule has 0 radical (unpaired) electrons. The van der Waals surface area contributed by atoms with Crippen LogP contribution >= 0.6 is 0 Å². The van der Waals surface area contributed by atoms with Crippen molar-refractivity contribution in [3.05, 3.63) is 0 Å². The minimum Gasteiger partial charge on any atom is -0.354 e. The number of carbonyl (C=O) groups is 1. The Morgan fingerprint density at radius 2 is 1.89 bits per heavy atom. The van der Waals surface area contributed by atoms with Crippen LogP contribution in [0.1, 0.15) is 13.8 Å². The molecule has 7 heteroatoms. The zero-order chi connectivity index (χ0) is 13.8. The van der Waals surface area contributed by atoms with Crippen LogP contribution < -0.4 is 10.6 Å². The maximum atomic E-state index is 12.9. The van der Waals surface area contributed by atoms with Crippen LogP contribution in [0.2, 0.25) is 0 Å². The van der Waals surface area contributed by atoms with Gasteiger partial charge in [-0.3, -0.25) is 9.69 Å². The van der Waals surface area contributed by atoms with Crippen LogP contribution in [0.25, 0.3) is 0 Å². The van der Waals surface area contributed by atoms with Gasteiger partial charge in [0.15, 0.2) is 0 Å². The number of nitrogens with one attached hydrogen (secondary N) is 2. The first kappa shape index (κ1) is 15.2. The lowest BCUT2D eigenvalue weighted by atomic mass is 10.1. The molecular formula is C11H20F3N3O. The molecule has 0 aromatic heterocycles. The first-order valence-electron chi connectivity index (χ1n) is 6.11. The largest absolute Gasteiger partial charge is 0.405 e. The molecule has 0 spiro atoms. The van der Waals surface area contributed by atoms with Crippen LogP contribution in [0.3, 0.4) is 0 Å². The summed E-state index contributed by atoms with van der Waals surface area (Å²) in [6.07, 6.45) is -4.32. The molecule has 18 heavy (non-hydrogen) atoms. The van der Waals surface area contributed by atoms with Crippen LogP contribution in [-0.2, 0) is 4.79 Å². The summed E-state index contributed by atoms with van der Waals surface area (Å²) in [5.41, 5.74) is 0. The molecule has 1 atom stereocenters. The van der Waals surface area contributed by atoms with Gasteiger partial charge in [-0.05, 0) is 0 Å². The quantitative estimate of drug-likeness (QED) is 0.784. The van der Waals surface area contributed by atoms with Gasteiger partial charge in [0.05, 0.1) is 0 Å². The fourth-order valence-corrected chi connectivity index (χ4v) is 1.85. The second kappa shape index (κ2) is 6.38. The third-order valence-electron chi connectivity index (χ3n) is 2.96. The minimum atomic E-state index is -4.32. The first-order chi connectivity index (χ1) is 8.32. The van der Waals surface area contributed by atoms with E-state index in [9.17, 15) is 18.0 Å². The molecule has 0 aromatic rings. The van der Waals surface area contributed by atoms with E-state index in [4.69, 9.17) is 0 Å². The van der Waals surface area contributed by atoms with Crippen molar-refractivity contribution >= 4 is 5.91 Å². The highest BCUT2D eigenvalue weighted by Crippen LogP contribution is 2.24. The molecule has 0 saturated carbocycles. The van der Waals surface area contributed by atoms with Gasteiger partial charge in [0.25, 0.3) is 0 Å². The molecule has 1 saturated heterocycles. The third-order valence-corrected chi connectivity index (χ3v) is 2.96. The molecule has 0 bridgehead atoms. The topological polar surface area (TPSA) is 44.4 Å². The highest BCUT2D eigenvalue weighted by atomic mass is 19.4. The molecule has 1 aliphatic heterocycles. The molecule has 2 N–H and O–H groups in total. The molecule has 1 aliphatic rings. The Morgan fingerprint density at radius 3 is 2.33 bits per heavy atom. The van der Waals surface area contributed by atoms with Crippen molar-refractivity contribution < 1.29 is 18.0 Å². The van der Waals surface area contributed by atoms with Crippen molar-refractivity contribution in [1.82, 2.24) is 15.5 Å². The molecule has 0 aliphatic carbocycles. The van der Waals surface area contributed by atoms with E-state index in [-0.39, 0.29) is 18.4 Å². The molecule has 106 valence electrons. The molecular weight excluding hydrogens is 247 g/mol. The third kappa shape index (κ3) is 4.45. The SMILES string of the molecule is CC(C)C(=O)NCC(N1CCNCC1)C(F)(F)F. The summed E-state index contributed by atoms with van der Waals surface area (Å²) in [7, 11) is 0. The summed E-state index contributed by atoms with van der Waals surface area (Å²) in [5, 5.41) is 5.37. The number of nitrogens with zero attached hydrogens (tertiary/aromatic N) is 1. The number of piperazine rings is 1. The normalized spacial score (nSPS) is 19.9. The van der Waals surface area contributed by atoms with Gasteiger partial charge in [0.1, 0.15) is 6.04 Å². The van der Waals surface area contributed by atoms with Crippen LogP contribution in [0.15, 0.2) is 0 Å². The van der Waals surface area contributed by atoms with Crippen molar-refractivity contribution in [2.24, 2.45) is 5.92 Å². The number of hydrogen-bond donors (Lipinski definition) is 2. The molecule has 1 unspecified atom stereocenters. The molecule has 1 rings (SSSR count). The fraction of sp³-hybridized carbons (Fsp3) is 0.909. The smallest absolute Gasteiger partial charge is 0.354 e. The van der Waals surface area contributed by atoms with Crippen molar-refractivity contribution in [2.45, 2.75) is 26.1 Å². The molecule has 1 heterocycles. The summed E-state index contributed by atoms with van der Waals surface area (Å²) >= 11 is 0. The van der Waals surface area contributed by atoms with Crippen molar-refractivity contribution in [3.8, 4) is 0 Å². The van der Waals surface area contributed by atoms with E-state index >= 15 is 0 Å². The molecule has 4 nitrogen and oxygen atoms in total. The standard InChI is InChI=1S/C11H20F3N3O/c1-8(2)10(18)16-7-9(11(12,13)14)17-5-3-15-4-6-17/h8-9,15H,3-7H2,1-2H3,(H,16,18). The summed E-state index contributed by atoms with van der Waals surface area (Å²) in [6.45, 7) is 4.73. The van der Waals surface area contributed by atoms with E-state index < -0.39 is 12.2 Å². The zero-order valence-electron chi connectivity index (χ0n) is 10.7. The number of rotatable bonds is 4. The second-order valence-corrected chi connectivity index (χ2v) is 4.74. The lowest BCUT2D eigenvalue weighted by molar-refractivity contribution is -0.184. The Hall–Kier alpha value is -0.820. The summed E-state index contributed by atoms with van der Waals surface area (Å²) in [6, 6.07) is -1.60. The van der Waals surface area contributed by atoms with E-state index in [0.717, 1.165) is 0 Å². The van der Waals surface area contributed by atoms with Gasteiger partial charge in [-0.25, -0.2) is 0 Å². The average molecular weight is 267 g/mol. The Labute approximate surface area is 105 Å². The summed E-state index contributed by atoms with van der Waals surface area (Å²) in [5.74, 6) is -0.652. The predicted molar refractivity (Wildman–Crippen MR) is 62.1 cm³/mol. The van der Waals surface area contributed by atoms with Gasteiger partial charge in [0.2, 0.25) is 5.91 Å². The molecule has 1 amide bonds. The predicted octanol–water partition coefficient (Wildman–Crippen LogP) is 0.595. The number of amides is 1. The van der Waals surface area contributed by atoms with Crippen LogP contribution in [0, 0.1) is 5.92 Å². The van der Waals surface area contributed by atoms with E-state index in [0.29, 0.717) is 26.2 Å². The minimum absolute atomic E-state index is 0.304. The number of halogens is 3. The Morgan fingerprint density at radius 1 is 1.33 bits per heavy atom. The average Bonchev–Trinajstić information content (AvgIpc) is 2.28. The van der Waals surface area contributed by atoms with Gasteiger partial charge in [-0.15, -0.1) is 0 Å². The number of alkyl halides is 3. The van der Waals surface area contributed by atoms with E-state index in [2.05, 4.69) is 10.6 Å². The molecule has 0 aromatic carbocycles. The van der Waals surface area contributed by atoms with Crippen molar-refractivity contribution in [2.75, 3.05) is 32.7 Å². The van der Waals surface area contributed by atoms with E-state index in [1.165, 1.54) is 4.90 Å². The molecule has 1 fully saturated rings. The van der Waals surface area contributed by atoms with E-state index in [1.807, 2.05) is 0 Å². The van der Waals surface area contributed by atoms with Gasteiger partial charge < -0.3 is 10.6 Å². The Balaban J connectivity index is 2.58. The number of carbonyl (C=O) groups excluding carboxylic acids is 1. The van der Waals surface area contributed by atoms with Gasteiger partial charge in [-0.1, -0.05) is 13.8 Å². The second-order valence-electron chi connectivity index (χ2n) is 4.74. The van der Waals surface area contributed by atoms with Crippen LogP contribution in [-0.4, -0.2) is 55.7 Å². The van der Waals surface area contributed by atoms with Crippen LogP contribution in [0.4, 0.5) is 13.2 Å². The maximum absolute atomic E-state index is 12.9. The van der Waals surface area contributed by atoms with E-state index in [1.54, 1.807) is 13.8 Å². The van der Waals surface area contributed by atoms with Crippen LogP contribution in [0.5, 0.6) is 0 Å². The maximum Gasteiger partial charge on any atom is 0.405 e. The first-order valence-corrected chi connectivity index (χ1v) is 6.11. The Bertz CT molecular complexity index is 275. The monoisotopic (exact) mass is 267 g/mol. The summed E-state index contributed by atoms with van der Waals surface area (Å²) in [4.78, 5) is 12.7. The zero-order valence-corrected chi connectivity index (χ0v) is 10.7. The van der Waals surface area contributed by atoms with Crippen molar-refractivity contribution in [3.63, 3.8) is 0 Å². The van der Waals surface area contributed by atoms with Crippen molar-refractivity contribution in [1.29, 1.82) is 0 Å². The van der Waals surface area contributed by atoms with Gasteiger partial charge >= 0.3 is 6.18 Å². The lowest BCUT2D eigenvalue weighted by Crippen LogP contribution is -2.57. The highest BCUT2D eigenvalue weighted by molar-refractivity contribution is 5.77. The fourth-order valence-electron chi connectivity index (χ4n) is 1.85. The van der Waals surface area contributed by atoms with Gasteiger partial charge in [-0.2, -0.15) is 13.2 Å². The Kier molecular flexibility index (Phi) is 5.40.